The maximum atomic E-state index is 13.3. The molecule has 4 rings (SSSR count). The Kier molecular flexibility index (Phi) is 8.06. The zero-order chi connectivity index (χ0) is 26.7. The predicted octanol–water partition coefficient (Wildman–Crippen LogP) is 6.02. The smallest absolute Gasteiger partial charge is 0.336 e. The van der Waals surface area contributed by atoms with Gasteiger partial charge in [-0.2, -0.15) is 0 Å². The van der Waals surface area contributed by atoms with Gasteiger partial charge in [0.1, 0.15) is 29.4 Å². The van der Waals surface area contributed by atoms with Crippen molar-refractivity contribution in [3.05, 3.63) is 85.8 Å². The summed E-state index contributed by atoms with van der Waals surface area (Å²) in [6, 6.07) is 14.2. The summed E-state index contributed by atoms with van der Waals surface area (Å²) in [5.41, 5.74) is 1.23. The van der Waals surface area contributed by atoms with Gasteiger partial charge in [0.05, 0.1) is 29.4 Å². The predicted molar refractivity (Wildman–Crippen MR) is 143 cm³/mol. The van der Waals surface area contributed by atoms with Crippen LogP contribution in [0.2, 0.25) is 10.0 Å². The molecule has 3 aromatic rings. The van der Waals surface area contributed by atoms with Gasteiger partial charge >= 0.3 is 6.03 Å². The van der Waals surface area contributed by atoms with E-state index in [1.165, 1.54) is 32.4 Å². The molecule has 4 amide bonds. The Morgan fingerprint density at radius 3 is 2.38 bits per heavy atom. The summed E-state index contributed by atoms with van der Waals surface area (Å²) in [4.78, 5) is 39.4. The third kappa shape index (κ3) is 5.74. The molecule has 0 saturated carbocycles. The van der Waals surface area contributed by atoms with Crippen LogP contribution in [0.3, 0.4) is 0 Å². The van der Waals surface area contributed by atoms with E-state index >= 15 is 0 Å². The number of benzene rings is 3. The van der Waals surface area contributed by atoms with Gasteiger partial charge in [-0.25, -0.2) is 9.69 Å². The molecule has 0 aliphatic carbocycles. The molecule has 0 atom stereocenters. The van der Waals surface area contributed by atoms with E-state index in [2.05, 4.69) is 21.2 Å². The number of amides is 4. The fourth-order valence-corrected chi connectivity index (χ4v) is 4.53. The summed E-state index contributed by atoms with van der Waals surface area (Å²) in [6.07, 6.45) is 1.38. The first-order chi connectivity index (χ1) is 17.7. The normalized spacial score (nSPS) is 14.6. The van der Waals surface area contributed by atoms with Gasteiger partial charge in [0, 0.05) is 17.2 Å². The van der Waals surface area contributed by atoms with E-state index in [1.807, 2.05) is 12.1 Å². The molecule has 0 bridgehead atoms. The van der Waals surface area contributed by atoms with Crippen molar-refractivity contribution < 1.29 is 28.6 Å². The van der Waals surface area contributed by atoms with E-state index < -0.39 is 17.8 Å². The molecule has 37 heavy (non-hydrogen) atoms. The minimum Gasteiger partial charge on any atom is -0.495 e. The van der Waals surface area contributed by atoms with E-state index in [9.17, 15) is 14.4 Å². The van der Waals surface area contributed by atoms with Crippen LogP contribution < -0.4 is 24.4 Å². The molecule has 1 aliphatic rings. The van der Waals surface area contributed by atoms with Gasteiger partial charge in [-0.1, -0.05) is 41.4 Å². The van der Waals surface area contributed by atoms with Crippen molar-refractivity contribution in [2.75, 3.05) is 19.1 Å². The number of hydrogen-bond acceptors (Lipinski definition) is 6. The van der Waals surface area contributed by atoms with Crippen LogP contribution in [-0.2, 0) is 16.2 Å². The number of methoxy groups -OCH3 is 2. The summed E-state index contributed by atoms with van der Waals surface area (Å²) < 4.78 is 17.0. The number of urea groups is 1. The third-order valence-electron chi connectivity index (χ3n) is 5.35. The maximum Gasteiger partial charge on any atom is 0.336 e. The number of imide groups is 2. The summed E-state index contributed by atoms with van der Waals surface area (Å²) in [5.74, 6) is -0.751. The number of nitrogens with zero attached hydrogens (tertiary/aromatic N) is 1. The molecular weight excluding hydrogens is 587 g/mol. The van der Waals surface area contributed by atoms with Crippen LogP contribution >= 0.6 is 39.1 Å². The number of halogens is 3. The average Bonchev–Trinajstić information content (AvgIpc) is 2.86. The monoisotopic (exact) mass is 604 g/mol. The number of ether oxygens (including phenoxy) is 3. The van der Waals surface area contributed by atoms with E-state index in [4.69, 9.17) is 37.4 Å². The molecule has 1 saturated heterocycles. The lowest BCUT2D eigenvalue weighted by molar-refractivity contribution is -0.122. The van der Waals surface area contributed by atoms with Crippen molar-refractivity contribution in [2.24, 2.45) is 0 Å². The van der Waals surface area contributed by atoms with Gasteiger partial charge in [0.2, 0.25) is 0 Å². The SMILES string of the molecule is COc1cc(N2C(=O)NC(=O)/C(=C\c3ccc(OCc4cccc(Cl)c4)c(Br)c3)C2=O)c(OC)cc1Cl. The van der Waals surface area contributed by atoms with Crippen molar-refractivity contribution >= 4 is 68.7 Å². The minimum atomic E-state index is -0.930. The Morgan fingerprint density at radius 2 is 1.70 bits per heavy atom. The molecule has 0 unspecified atom stereocenters. The second kappa shape index (κ2) is 11.2. The van der Waals surface area contributed by atoms with Gasteiger partial charge < -0.3 is 14.2 Å². The molecule has 11 heteroatoms. The second-order valence-electron chi connectivity index (χ2n) is 7.72. The molecule has 1 N–H and O–H groups in total. The fraction of sp³-hybridized carbons (Fsp3) is 0.115. The van der Waals surface area contributed by atoms with E-state index in [1.54, 1.807) is 30.3 Å². The van der Waals surface area contributed by atoms with Gasteiger partial charge in [-0.15, -0.1) is 0 Å². The highest BCUT2D eigenvalue weighted by Crippen LogP contribution is 2.39. The van der Waals surface area contributed by atoms with Crippen molar-refractivity contribution in [3.8, 4) is 17.2 Å². The number of barbiturate groups is 1. The first-order valence-electron chi connectivity index (χ1n) is 10.7. The Labute approximate surface area is 230 Å². The molecule has 0 spiro atoms. The van der Waals surface area contributed by atoms with E-state index in [0.717, 1.165) is 10.5 Å². The van der Waals surface area contributed by atoms with Gasteiger partial charge in [-0.3, -0.25) is 14.9 Å². The van der Waals surface area contributed by atoms with Crippen LogP contribution in [0.1, 0.15) is 11.1 Å². The van der Waals surface area contributed by atoms with Crippen molar-refractivity contribution in [1.82, 2.24) is 5.32 Å². The quantitative estimate of drug-likeness (QED) is 0.261. The Bertz CT molecular complexity index is 1440. The van der Waals surface area contributed by atoms with Crippen LogP contribution in [-0.4, -0.2) is 32.1 Å². The largest absolute Gasteiger partial charge is 0.495 e. The third-order valence-corrected chi connectivity index (χ3v) is 6.50. The Hall–Kier alpha value is -3.53. The molecule has 1 fully saturated rings. The van der Waals surface area contributed by atoms with Gasteiger partial charge in [0.15, 0.2) is 0 Å². The standard InChI is InChI=1S/C26H19BrCl2N2O6/c1-35-22-12-20(23(36-2)11-19(22)29)31-25(33)17(24(32)30-26(31)34)9-14-6-7-21(18(27)10-14)37-13-15-4-3-5-16(28)8-15/h3-12H,13H2,1-2H3,(H,30,32,34)/b17-9+. The van der Waals surface area contributed by atoms with E-state index in [0.29, 0.717) is 27.4 Å². The molecule has 190 valence electrons. The molecule has 1 heterocycles. The van der Waals surface area contributed by atoms with Crippen LogP contribution in [0.25, 0.3) is 6.08 Å². The highest BCUT2D eigenvalue weighted by Gasteiger charge is 2.38. The first-order valence-corrected chi connectivity index (χ1v) is 12.3. The molecule has 3 aromatic carbocycles. The van der Waals surface area contributed by atoms with Crippen LogP contribution in [0.4, 0.5) is 10.5 Å². The Balaban J connectivity index is 1.62. The zero-order valence-corrected chi connectivity index (χ0v) is 22.6. The number of hydrogen-bond donors (Lipinski definition) is 1. The lowest BCUT2D eigenvalue weighted by Crippen LogP contribution is -2.54. The second-order valence-corrected chi connectivity index (χ2v) is 9.42. The average molecular weight is 606 g/mol. The number of carbonyl (C=O) groups excluding carboxylic acids is 3. The number of nitrogens with one attached hydrogen (secondary N) is 1. The highest BCUT2D eigenvalue weighted by atomic mass is 79.9. The zero-order valence-electron chi connectivity index (χ0n) is 19.5. The summed E-state index contributed by atoms with van der Waals surface area (Å²) in [7, 11) is 2.76. The minimum absolute atomic E-state index is 0.0654. The van der Waals surface area contributed by atoms with Crippen LogP contribution in [0.15, 0.2) is 64.6 Å². The lowest BCUT2D eigenvalue weighted by atomic mass is 10.1. The number of rotatable bonds is 7. The van der Waals surface area contributed by atoms with Crippen LogP contribution in [0.5, 0.6) is 17.2 Å². The lowest BCUT2D eigenvalue weighted by Gasteiger charge is -2.28. The van der Waals surface area contributed by atoms with E-state index in [-0.39, 0.29) is 27.8 Å². The Morgan fingerprint density at radius 1 is 0.946 bits per heavy atom. The first kappa shape index (κ1) is 26.5. The summed E-state index contributed by atoms with van der Waals surface area (Å²) in [5, 5.41) is 3.02. The molecule has 0 radical (unpaired) electrons. The van der Waals surface area contributed by atoms with Gasteiger partial charge in [0.25, 0.3) is 11.8 Å². The van der Waals surface area contributed by atoms with Crippen molar-refractivity contribution in [1.29, 1.82) is 0 Å². The highest BCUT2D eigenvalue weighted by molar-refractivity contribution is 9.10. The maximum absolute atomic E-state index is 13.3. The summed E-state index contributed by atoms with van der Waals surface area (Å²) >= 11 is 15.6. The molecule has 8 nitrogen and oxygen atoms in total. The topological polar surface area (TPSA) is 94.2 Å². The number of anilines is 1. The number of carbonyl (C=O) groups is 3. The van der Waals surface area contributed by atoms with Crippen LogP contribution in [0, 0.1) is 0 Å². The fourth-order valence-electron chi connectivity index (χ4n) is 3.57. The van der Waals surface area contributed by atoms with Crippen molar-refractivity contribution in [3.63, 3.8) is 0 Å². The van der Waals surface area contributed by atoms with Crippen molar-refractivity contribution in [2.45, 2.75) is 6.61 Å². The molecule has 1 aliphatic heterocycles. The molecular formula is C26H19BrCl2N2O6. The molecule has 0 aromatic heterocycles. The summed E-state index contributed by atoms with van der Waals surface area (Å²) in [6.45, 7) is 0.296. The van der Waals surface area contributed by atoms with Gasteiger partial charge in [-0.05, 0) is 57.4 Å².